The van der Waals surface area contributed by atoms with E-state index < -0.39 is 6.10 Å². The third-order valence-electron chi connectivity index (χ3n) is 4.23. The van der Waals surface area contributed by atoms with Crippen LogP contribution in [0.3, 0.4) is 0 Å². The lowest BCUT2D eigenvalue weighted by Gasteiger charge is -2.29. The lowest BCUT2D eigenvalue weighted by atomic mass is 10.1. The van der Waals surface area contributed by atoms with Crippen molar-refractivity contribution in [3.63, 3.8) is 0 Å². The Kier molecular flexibility index (Phi) is 8.23. The summed E-state index contributed by atoms with van der Waals surface area (Å²) in [6.07, 6.45) is -0.615. The van der Waals surface area contributed by atoms with Crippen LogP contribution in [-0.4, -0.2) is 49.5 Å². The Morgan fingerprint density at radius 1 is 0.963 bits per heavy atom. The number of aliphatic hydroxyl groups is 1. The molecule has 0 aliphatic rings. The molecular weight excluding hydrogens is 366 g/mol. The number of nitrogens with zero attached hydrogens (tertiary/aromatic N) is 1. The van der Waals surface area contributed by atoms with Crippen LogP contribution in [0.4, 0.5) is 0 Å². The standard InChI is InChI=1S/C21H28ClNO4/c1-15(2)23(12-16-9-20(25-3)11-21(10-16)26-4)13-18(24)14-27-19-7-5-17(22)6-8-19/h5-11,15,18,24H,12-14H2,1-4H3/t18-/m1/s1. The third kappa shape index (κ3) is 6.94. The van der Waals surface area contributed by atoms with Gasteiger partial charge in [-0.15, -0.1) is 0 Å². The van der Waals surface area contributed by atoms with Gasteiger partial charge in [0.15, 0.2) is 0 Å². The monoisotopic (exact) mass is 393 g/mol. The predicted molar refractivity (Wildman–Crippen MR) is 108 cm³/mol. The van der Waals surface area contributed by atoms with Gasteiger partial charge in [0.05, 0.1) is 14.2 Å². The molecule has 5 nitrogen and oxygen atoms in total. The van der Waals surface area contributed by atoms with Crippen molar-refractivity contribution in [2.24, 2.45) is 0 Å². The van der Waals surface area contributed by atoms with Crippen molar-refractivity contribution in [2.75, 3.05) is 27.4 Å². The second-order valence-electron chi connectivity index (χ2n) is 6.66. The average Bonchev–Trinajstić information content (AvgIpc) is 2.66. The number of aliphatic hydroxyl groups excluding tert-OH is 1. The minimum absolute atomic E-state index is 0.215. The van der Waals surface area contributed by atoms with Gasteiger partial charge in [-0.2, -0.15) is 0 Å². The minimum Gasteiger partial charge on any atom is -0.497 e. The molecule has 1 N–H and O–H groups in total. The van der Waals surface area contributed by atoms with E-state index in [-0.39, 0.29) is 12.6 Å². The summed E-state index contributed by atoms with van der Waals surface area (Å²) in [4.78, 5) is 2.18. The summed E-state index contributed by atoms with van der Waals surface area (Å²) in [6.45, 7) is 5.58. The maximum Gasteiger partial charge on any atom is 0.122 e. The third-order valence-corrected chi connectivity index (χ3v) is 4.48. The predicted octanol–water partition coefficient (Wildman–Crippen LogP) is 4.01. The van der Waals surface area contributed by atoms with E-state index in [1.807, 2.05) is 18.2 Å². The van der Waals surface area contributed by atoms with Crippen LogP contribution in [0.1, 0.15) is 19.4 Å². The zero-order valence-corrected chi connectivity index (χ0v) is 17.1. The van der Waals surface area contributed by atoms with Crippen molar-refractivity contribution in [3.05, 3.63) is 53.1 Å². The summed E-state index contributed by atoms with van der Waals surface area (Å²) in [6, 6.07) is 13.2. The van der Waals surface area contributed by atoms with Crippen molar-refractivity contribution in [2.45, 2.75) is 32.5 Å². The summed E-state index contributed by atoms with van der Waals surface area (Å²) in [5.41, 5.74) is 1.06. The molecule has 0 unspecified atom stereocenters. The van der Waals surface area contributed by atoms with Gasteiger partial charge in [-0.05, 0) is 55.8 Å². The van der Waals surface area contributed by atoms with Gasteiger partial charge in [0, 0.05) is 30.2 Å². The lowest BCUT2D eigenvalue weighted by Crippen LogP contribution is -2.39. The number of ether oxygens (including phenoxy) is 3. The van der Waals surface area contributed by atoms with Gasteiger partial charge in [0.2, 0.25) is 0 Å². The molecule has 0 heterocycles. The van der Waals surface area contributed by atoms with Crippen LogP contribution < -0.4 is 14.2 Å². The van der Waals surface area contributed by atoms with Gasteiger partial charge in [0.1, 0.15) is 30.0 Å². The maximum absolute atomic E-state index is 10.4. The van der Waals surface area contributed by atoms with Crippen LogP contribution in [0.2, 0.25) is 5.02 Å². The molecule has 6 heteroatoms. The van der Waals surface area contributed by atoms with Crippen LogP contribution in [-0.2, 0) is 6.54 Å². The second-order valence-corrected chi connectivity index (χ2v) is 7.10. The normalized spacial score (nSPS) is 12.3. The molecule has 0 spiro atoms. The summed E-state index contributed by atoms with van der Waals surface area (Å²) in [7, 11) is 3.27. The quantitative estimate of drug-likeness (QED) is 0.661. The second kappa shape index (κ2) is 10.4. The van der Waals surface area contributed by atoms with E-state index in [1.54, 1.807) is 38.5 Å². The van der Waals surface area contributed by atoms with E-state index in [1.165, 1.54) is 0 Å². The average molecular weight is 394 g/mol. The molecule has 27 heavy (non-hydrogen) atoms. The number of rotatable bonds is 10. The van der Waals surface area contributed by atoms with E-state index in [0.29, 0.717) is 23.9 Å². The van der Waals surface area contributed by atoms with Gasteiger partial charge in [-0.25, -0.2) is 0 Å². The molecular formula is C21H28ClNO4. The zero-order chi connectivity index (χ0) is 19.8. The molecule has 0 bridgehead atoms. The molecule has 0 aromatic heterocycles. The molecule has 0 saturated carbocycles. The molecule has 2 rings (SSSR count). The Bertz CT molecular complexity index is 684. The first-order valence-electron chi connectivity index (χ1n) is 8.93. The Labute approximate surface area is 166 Å². The van der Waals surface area contributed by atoms with Crippen molar-refractivity contribution in [1.82, 2.24) is 4.90 Å². The molecule has 0 radical (unpaired) electrons. The number of hydrogen-bond acceptors (Lipinski definition) is 5. The summed E-state index contributed by atoms with van der Waals surface area (Å²) >= 11 is 5.87. The maximum atomic E-state index is 10.4. The van der Waals surface area contributed by atoms with Crippen LogP contribution in [0.5, 0.6) is 17.2 Å². The van der Waals surface area contributed by atoms with Crippen molar-refractivity contribution < 1.29 is 19.3 Å². The van der Waals surface area contributed by atoms with Crippen LogP contribution in [0, 0.1) is 0 Å². The summed E-state index contributed by atoms with van der Waals surface area (Å²) < 4.78 is 16.3. The molecule has 148 valence electrons. The van der Waals surface area contributed by atoms with E-state index in [2.05, 4.69) is 18.7 Å². The fourth-order valence-corrected chi connectivity index (χ4v) is 2.82. The molecule has 0 saturated heterocycles. The lowest BCUT2D eigenvalue weighted by molar-refractivity contribution is 0.0543. The highest BCUT2D eigenvalue weighted by Crippen LogP contribution is 2.24. The molecule has 0 aliphatic heterocycles. The molecule has 0 aliphatic carbocycles. The first-order chi connectivity index (χ1) is 12.9. The first-order valence-corrected chi connectivity index (χ1v) is 9.31. The molecule has 1 atom stereocenters. The minimum atomic E-state index is -0.615. The topological polar surface area (TPSA) is 51.2 Å². The Morgan fingerprint density at radius 3 is 2.07 bits per heavy atom. The van der Waals surface area contributed by atoms with E-state index in [9.17, 15) is 5.11 Å². The molecule has 0 fully saturated rings. The van der Waals surface area contributed by atoms with Crippen molar-refractivity contribution in [3.8, 4) is 17.2 Å². The Morgan fingerprint density at radius 2 is 1.56 bits per heavy atom. The summed E-state index contributed by atoms with van der Waals surface area (Å²) in [5, 5.41) is 11.1. The number of hydrogen-bond donors (Lipinski definition) is 1. The SMILES string of the molecule is COc1cc(CN(C[C@@H](O)COc2ccc(Cl)cc2)C(C)C)cc(OC)c1. The largest absolute Gasteiger partial charge is 0.497 e. The van der Waals surface area contributed by atoms with Gasteiger partial charge >= 0.3 is 0 Å². The Balaban J connectivity index is 1.97. The van der Waals surface area contributed by atoms with Gasteiger partial charge < -0.3 is 19.3 Å². The van der Waals surface area contributed by atoms with Crippen LogP contribution in [0.25, 0.3) is 0 Å². The van der Waals surface area contributed by atoms with Crippen LogP contribution in [0.15, 0.2) is 42.5 Å². The molecule has 0 amide bonds. The van der Waals surface area contributed by atoms with Gasteiger partial charge in [-0.1, -0.05) is 11.6 Å². The zero-order valence-electron chi connectivity index (χ0n) is 16.3. The fourth-order valence-electron chi connectivity index (χ4n) is 2.70. The number of halogens is 1. The van der Waals surface area contributed by atoms with E-state index in [0.717, 1.165) is 17.1 Å². The van der Waals surface area contributed by atoms with Crippen LogP contribution >= 0.6 is 11.6 Å². The van der Waals surface area contributed by atoms with Gasteiger partial charge in [0.25, 0.3) is 0 Å². The van der Waals surface area contributed by atoms with Gasteiger partial charge in [-0.3, -0.25) is 4.90 Å². The Hall–Kier alpha value is -1.95. The van der Waals surface area contributed by atoms with E-state index >= 15 is 0 Å². The smallest absolute Gasteiger partial charge is 0.122 e. The summed E-state index contributed by atoms with van der Waals surface area (Å²) in [5.74, 6) is 2.19. The van der Waals surface area contributed by atoms with Crippen molar-refractivity contribution in [1.29, 1.82) is 0 Å². The number of methoxy groups -OCH3 is 2. The molecule has 2 aromatic rings. The van der Waals surface area contributed by atoms with Crippen molar-refractivity contribution >= 4 is 11.6 Å². The number of benzene rings is 2. The fraction of sp³-hybridized carbons (Fsp3) is 0.429. The first kappa shape index (κ1) is 21.4. The highest BCUT2D eigenvalue weighted by atomic mass is 35.5. The molecule has 2 aromatic carbocycles. The highest BCUT2D eigenvalue weighted by Gasteiger charge is 2.17. The highest BCUT2D eigenvalue weighted by molar-refractivity contribution is 6.30. The van der Waals surface area contributed by atoms with E-state index in [4.69, 9.17) is 25.8 Å².